The van der Waals surface area contributed by atoms with E-state index in [1.54, 1.807) is 20.8 Å². The fraction of sp³-hybridized carbons (Fsp3) is 0.417. The summed E-state index contributed by atoms with van der Waals surface area (Å²) in [6.45, 7) is 16.1. The molecule has 0 spiro atoms. The maximum absolute atomic E-state index is 8.67. The van der Waals surface area contributed by atoms with E-state index in [-0.39, 0.29) is 6.42 Å². The van der Waals surface area contributed by atoms with Crippen LogP contribution in [0.25, 0.3) is 0 Å². The average molecular weight is 253 g/mol. The van der Waals surface area contributed by atoms with Gasteiger partial charge >= 0.3 is 8.80 Å². The fourth-order valence-electron chi connectivity index (χ4n) is 1.22. The van der Waals surface area contributed by atoms with E-state index in [0.717, 1.165) is 0 Å². The molecule has 0 aliphatic carbocycles. The van der Waals surface area contributed by atoms with Crippen molar-refractivity contribution in [3.8, 4) is 6.07 Å². The second-order valence-corrected chi connectivity index (χ2v) is 6.23. The van der Waals surface area contributed by atoms with E-state index in [2.05, 4.69) is 19.7 Å². The quantitative estimate of drug-likeness (QED) is 0.491. The second kappa shape index (κ2) is 6.81. The highest BCUT2D eigenvalue weighted by atomic mass is 28.4. The summed E-state index contributed by atoms with van der Waals surface area (Å²) in [6, 6.07) is 2.42. The van der Waals surface area contributed by atoms with Crippen LogP contribution in [0, 0.1) is 11.3 Å². The van der Waals surface area contributed by atoms with Gasteiger partial charge in [0, 0.05) is 6.42 Å². The summed E-state index contributed by atoms with van der Waals surface area (Å²) in [6.07, 6.45) is 0.278. The average Bonchev–Trinajstić information content (AvgIpc) is 2.11. The largest absolute Gasteiger partial charge is 0.699 e. The van der Waals surface area contributed by atoms with E-state index >= 15 is 0 Å². The summed E-state index contributed by atoms with van der Waals surface area (Å²) < 4.78 is 16.8. The monoisotopic (exact) mass is 253 g/mol. The minimum Gasteiger partial charge on any atom is -0.488 e. The molecule has 0 heterocycles. The van der Waals surface area contributed by atoms with Gasteiger partial charge in [-0.3, -0.25) is 0 Å². The van der Waals surface area contributed by atoms with Gasteiger partial charge in [0.15, 0.2) is 0 Å². The molecule has 94 valence electrons. The molecule has 0 radical (unpaired) electrons. The minimum atomic E-state index is -3.03. The van der Waals surface area contributed by atoms with Gasteiger partial charge in [-0.2, -0.15) is 5.26 Å². The summed E-state index contributed by atoms with van der Waals surface area (Å²) in [4.78, 5) is 0. The van der Waals surface area contributed by atoms with Crippen LogP contribution in [0.2, 0.25) is 6.04 Å². The molecule has 17 heavy (non-hydrogen) atoms. The number of hydrogen-bond donors (Lipinski definition) is 0. The molecule has 0 aromatic heterocycles. The number of nitriles is 1. The maximum atomic E-state index is 8.67. The number of rotatable bonds is 8. The van der Waals surface area contributed by atoms with Gasteiger partial charge in [-0.25, -0.2) is 0 Å². The standard InChI is InChI=1S/C12H19NO3Si/c1-10(2)14-17(9-7-8-13,15-11(3)4)16-12(5)6/h1,3,5,7,9H2,2,4,6H3. The predicted molar refractivity (Wildman–Crippen MR) is 68.5 cm³/mol. The Hall–Kier alpha value is -1.67. The first-order valence-electron chi connectivity index (χ1n) is 5.22. The molecule has 5 heteroatoms. The summed E-state index contributed by atoms with van der Waals surface area (Å²) in [7, 11) is -3.03. The Balaban J connectivity index is 5.03. The predicted octanol–water partition coefficient (Wildman–Crippen LogP) is 3.49. The van der Waals surface area contributed by atoms with E-state index in [9.17, 15) is 0 Å². The summed E-state index contributed by atoms with van der Waals surface area (Å²) in [5.74, 6) is 1.45. The van der Waals surface area contributed by atoms with Crippen LogP contribution in [0.1, 0.15) is 27.2 Å². The molecule has 0 saturated carbocycles. The van der Waals surface area contributed by atoms with Gasteiger partial charge in [-0.05, 0) is 20.8 Å². The number of hydrogen-bond acceptors (Lipinski definition) is 4. The highest BCUT2D eigenvalue weighted by Gasteiger charge is 2.48. The van der Waals surface area contributed by atoms with Crippen LogP contribution in [0.5, 0.6) is 0 Å². The summed E-state index contributed by atoms with van der Waals surface area (Å²) in [5.41, 5.74) is 0. The molecule has 0 bridgehead atoms. The topological polar surface area (TPSA) is 51.5 Å². The normalized spacial score (nSPS) is 10.0. The zero-order chi connectivity index (χ0) is 13.5. The first-order valence-corrected chi connectivity index (χ1v) is 7.15. The maximum Gasteiger partial charge on any atom is 0.699 e. The molecule has 0 fully saturated rings. The van der Waals surface area contributed by atoms with Crippen molar-refractivity contribution in [1.29, 1.82) is 5.26 Å². The van der Waals surface area contributed by atoms with Gasteiger partial charge in [0.1, 0.15) is 0 Å². The smallest absolute Gasteiger partial charge is 0.488 e. The van der Waals surface area contributed by atoms with E-state index in [1.807, 2.05) is 6.07 Å². The van der Waals surface area contributed by atoms with E-state index in [0.29, 0.717) is 23.3 Å². The lowest BCUT2D eigenvalue weighted by atomic mass is 10.6. The Morgan fingerprint density at radius 1 is 1.00 bits per heavy atom. The van der Waals surface area contributed by atoms with Crippen molar-refractivity contribution in [1.82, 2.24) is 0 Å². The lowest BCUT2D eigenvalue weighted by Crippen LogP contribution is -2.44. The Morgan fingerprint density at radius 3 is 1.59 bits per heavy atom. The molecular weight excluding hydrogens is 234 g/mol. The molecule has 0 rings (SSSR count). The Kier molecular flexibility index (Phi) is 6.14. The molecule has 0 atom stereocenters. The van der Waals surface area contributed by atoms with Crippen LogP contribution >= 0.6 is 0 Å². The molecule has 0 aromatic carbocycles. The van der Waals surface area contributed by atoms with Crippen molar-refractivity contribution in [2.24, 2.45) is 0 Å². The lowest BCUT2D eigenvalue weighted by Gasteiger charge is -2.30. The third-order valence-corrected chi connectivity index (χ3v) is 4.37. The molecule has 0 N–H and O–H groups in total. The van der Waals surface area contributed by atoms with E-state index in [1.165, 1.54) is 0 Å². The van der Waals surface area contributed by atoms with Crippen molar-refractivity contribution < 1.29 is 13.3 Å². The zero-order valence-electron chi connectivity index (χ0n) is 10.7. The number of nitrogens with zero attached hydrogens (tertiary/aromatic N) is 1. The van der Waals surface area contributed by atoms with Gasteiger partial charge < -0.3 is 13.3 Å². The van der Waals surface area contributed by atoms with Gasteiger partial charge in [0.05, 0.1) is 29.4 Å². The van der Waals surface area contributed by atoms with Crippen LogP contribution in [-0.2, 0) is 13.3 Å². The molecule has 0 unspecified atom stereocenters. The lowest BCUT2D eigenvalue weighted by molar-refractivity contribution is 0.145. The van der Waals surface area contributed by atoms with Crippen molar-refractivity contribution in [2.45, 2.75) is 33.2 Å². The molecule has 0 aliphatic heterocycles. The Labute approximate surface area is 104 Å². The van der Waals surface area contributed by atoms with Crippen LogP contribution in [-0.4, -0.2) is 8.80 Å². The van der Waals surface area contributed by atoms with Crippen LogP contribution in [0.4, 0.5) is 0 Å². The first kappa shape index (κ1) is 15.3. The van der Waals surface area contributed by atoms with Crippen molar-refractivity contribution in [2.75, 3.05) is 0 Å². The van der Waals surface area contributed by atoms with Gasteiger partial charge in [0.25, 0.3) is 0 Å². The zero-order valence-corrected chi connectivity index (χ0v) is 11.7. The minimum absolute atomic E-state index is 0.278. The fourth-order valence-corrected chi connectivity index (χ4v) is 3.66. The van der Waals surface area contributed by atoms with E-state index in [4.69, 9.17) is 18.5 Å². The summed E-state index contributed by atoms with van der Waals surface area (Å²) in [5, 5.41) is 8.67. The molecule has 4 nitrogen and oxygen atoms in total. The molecular formula is C12H19NO3Si. The third kappa shape index (κ3) is 6.48. The Bertz CT molecular complexity index is 316. The van der Waals surface area contributed by atoms with Crippen LogP contribution in [0.15, 0.2) is 37.0 Å². The molecule has 0 aromatic rings. The third-order valence-electron chi connectivity index (χ3n) is 1.53. The van der Waals surface area contributed by atoms with Gasteiger partial charge in [-0.15, -0.1) is 0 Å². The van der Waals surface area contributed by atoms with Gasteiger partial charge in [0.2, 0.25) is 0 Å². The van der Waals surface area contributed by atoms with Crippen LogP contribution < -0.4 is 0 Å². The first-order chi connectivity index (χ1) is 7.81. The highest BCUT2D eigenvalue weighted by molar-refractivity contribution is 6.61. The summed E-state index contributed by atoms with van der Waals surface area (Å²) >= 11 is 0. The van der Waals surface area contributed by atoms with Gasteiger partial charge in [-0.1, -0.05) is 19.7 Å². The Morgan fingerprint density at radius 2 is 1.35 bits per heavy atom. The molecule has 0 amide bonds. The van der Waals surface area contributed by atoms with E-state index < -0.39 is 8.80 Å². The van der Waals surface area contributed by atoms with Crippen molar-refractivity contribution in [3.63, 3.8) is 0 Å². The highest BCUT2D eigenvalue weighted by Crippen LogP contribution is 2.25. The van der Waals surface area contributed by atoms with Crippen LogP contribution in [0.3, 0.4) is 0 Å². The van der Waals surface area contributed by atoms with Crippen molar-refractivity contribution >= 4 is 8.80 Å². The second-order valence-electron chi connectivity index (χ2n) is 3.75. The van der Waals surface area contributed by atoms with Crippen molar-refractivity contribution in [3.05, 3.63) is 37.0 Å². The molecule has 0 saturated heterocycles. The molecule has 0 aliphatic rings. The SMILES string of the molecule is C=C(C)O[Si](CCC#N)(OC(=C)C)OC(=C)C. The number of allylic oxidation sites excluding steroid dienone is 3.